The van der Waals surface area contributed by atoms with E-state index in [4.69, 9.17) is 4.84 Å². The number of nitrogens with zero attached hydrogens (tertiary/aromatic N) is 3. The molecule has 0 N–H and O–H groups in total. The second-order valence-corrected chi connectivity index (χ2v) is 6.25. The van der Waals surface area contributed by atoms with Crippen molar-refractivity contribution in [2.45, 2.75) is 47.1 Å². The minimum atomic E-state index is -0.269. The molecule has 0 aliphatic heterocycles. The Morgan fingerprint density at radius 3 is 2.43 bits per heavy atom. The van der Waals surface area contributed by atoms with Crippen LogP contribution in [0.5, 0.6) is 0 Å². The van der Waals surface area contributed by atoms with Gasteiger partial charge in [0.25, 0.3) is 0 Å². The van der Waals surface area contributed by atoms with E-state index in [2.05, 4.69) is 43.1 Å². The number of hydrogen-bond acceptors (Lipinski definition) is 3. The third kappa shape index (κ3) is 5.98. The largest absolute Gasteiger partial charge is 0.390 e. The number of hydrogen-bond donors (Lipinski definition) is 0. The van der Waals surface area contributed by atoms with Gasteiger partial charge in [-0.3, -0.25) is 0 Å². The number of aryl methyl sites for hydroxylation is 2. The van der Waals surface area contributed by atoms with Crippen molar-refractivity contribution < 1.29 is 4.84 Å². The van der Waals surface area contributed by atoms with Gasteiger partial charge in [0.15, 0.2) is 0 Å². The van der Waals surface area contributed by atoms with Crippen LogP contribution in [0.2, 0.25) is 0 Å². The molecule has 1 aromatic rings. The minimum Gasteiger partial charge on any atom is -0.390 e. The summed E-state index contributed by atoms with van der Waals surface area (Å²) in [6.07, 6.45) is 3.62. The lowest BCUT2D eigenvalue weighted by atomic mass is 10.0. The normalized spacial score (nSPS) is 12.3. The van der Waals surface area contributed by atoms with Crippen molar-refractivity contribution in [2.24, 2.45) is 10.1 Å². The zero-order valence-corrected chi connectivity index (χ0v) is 14.3. The molecule has 0 saturated carbocycles. The summed E-state index contributed by atoms with van der Waals surface area (Å²) >= 11 is 0. The molecule has 0 aliphatic rings. The van der Waals surface area contributed by atoms with Gasteiger partial charge in [-0.1, -0.05) is 5.16 Å². The minimum absolute atomic E-state index is 0.269. The molecule has 0 aromatic heterocycles. The van der Waals surface area contributed by atoms with E-state index in [0.717, 1.165) is 28.9 Å². The molecule has 0 saturated heterocycles. The Kier molecular flexibility index (Phi) is 5.94. The van der Waals surface area contributed by atoms with Crippen molar-refractivity contribution in [3.63, 3.8) is 0 Å². The maximum Gasteiger partial charge on any atom is 0.129 e. The lowest BCUT2D eigenvalue weighted by Crippen LogP contribution is -2.15. The van der Waals surface area contributed by atoms with Crippen LogP contribution in [0.1, 0.15) is 44.4 Å². The van der Waals surface area contributed by atoms with E-state index in [9.17, 15) is 0 Å². The molecule has 116 valence electrons. The zero-order valence-electron chi connectivity index (χ0n) is 14.3. The molecule has 0 aliphatic carbocycles. The van der Waals surface area contributed by atoms with Gasteiger partial charge in [0, 0.05) is 13.6 Å². The van der Waals surface area contributed by atoms with Gasteiger partial charge in [0.1, 0.15) is 5.60 Å². The van der Waals surface area contributed by atoms with Gasteiger partial charge in [-0.05, 0) is 70.4 Å². The van der Waals surface area contributed by atoms with Crippen LogP contribution in [0.4, 0.5) is 5.69 Å². The van der Waals surface area contributed by atoms with Gasteiger partial charge in [-0.15, -0.1) is 0 Å². The van der Waals surface area contributed by atoms with Crippen LogP contribution in [0.15, 0.2) is 22.3 Å². The van der Waals surface area contributed by atoms with Gasteiger partial charge in [-0.25, -0.2) is 4.99 Å². The molecule has 1 aromatic carbocycles. The summed E-state index contributed by atoms with van der Waals surface area (Å²) in [7, 11) is 2.01. The average molecular weight is 289 g/mol. The molecule has 0 fully saturated rings. The number of benzene rings is 1. The summed E-state index contributed by atoms with van der Waals surface area (Å²) < 4.78 is 0. The Balaban J connectivity index is 2.92. The number of rotatable bonds is 5. The van der Waals surface area contributed by atoms with E-state index in [0.29, 0.717) is 0 Å². The highest BCUT2D eigenvalue weighted by molar-refractivity contribution is 5.83. The lowest BCUT2D eigenvalue weighted by molar-refractivity contribution is 0.00199. The summed E-state index contributed by atoms with van der Waals surface area (Å²) in [4.78, 5) is 12.0. The predicted molar refractivity (Wildman–Crippen MR) is 90.8 cm³/mol. The van der Waals surface area contributed by atoms with Crippen LogP contribution in [-0.2, 0) is 4.84 Å². The molecular weight excluding hydrogens is 262 g/mol. The molecule has 0 heterocycles. The summed E-state index contributed by atoms with van der Waals surface area (Å²) in [5.74, 6) is 0. The Morgan fingerprint density at radius 2 is 1.86 bits per heavy atom. The van der Waals surface area contributed by atoms with E-state index >= 15 is 0 Å². The van der Waals surface area contributed by atoms with Crippen molar-refractivity contribution in [3.8, 4) is 0 Å². The van der Waals surface area contributed by atoms with Gasteiger partial charge in [0.2, 0.25) is 0 Å². The molecule has 0 amide bonds. The first kappa shape index (κ1) is 17.2. The summed E-state index contributed by atoms with van der Waals surface area (Å²) in [5.41, 5.74) is 4.03. The summed E-state index contributed by atoms with van der Waals surface area (Å²) in [6, 6.07) is 4.16. The van der Waals surface area contributed by atoms with E-state index < -0.39 is 0 Å². The van der Waals surface area contributed by atoms with Gasteiger partial charge < -0.3 is 9.74 Å². The zero-order chi connectivity index (χ0) is 16.0. The monoisotopic (exact) mass is 289 g/mol. The van der Waals surface area contributed by atoms with Crippen molar-refractivity contribution in [1.29, 1.82) is 0 Å². The van der Waals surface area contributed by atoms with Crippen molar-refractivity contribution in [2.75, 3.05) is 13.6 Å². The smallest absolute Gasteiger partial charge is 0.129 e. The molecule has 0 unspecified atom stereocenters. The van der Waals surface area contributed by atoms with Crippen LogP contribution in [0.3, 0.4) is 0 Å². The van der Waals surface area contributed by atoms with E-state index in [1.165, 1.54) is 0 Å². The summed E-state index contributed by atoms with van der Waals surface area (Å²) in [6.45, 7) is 13.1. The van der Waals surface area contributed by atoms with Crippen molar-refractivity contribution >= 4 is 18.2 Å². The highest BCUT2D eigenvalue weighted by atomic mass is 16.6. The first-order valence-corrected chi connectivity index (χ1v) is 7.30. The molecule has 4 heteroatoms. The van der Waals surface area contributed by atoms with E-state index in [1.54, 1.807) is 6.21 Å². The third-order valence-corrected chi connectivity index (χ3v) is 3.00. The van der Waals surface area contributed by atoms with Crippen LogP contribution in [-0.4, -0.2) is 36.6 Å². The molecule has 0 atom stereocenters. The maximum atomic E-state index is 5.39. The van der Waals surface area contributed by atoms with Crippen molar-refractivity contribution in [1.82, 2.24) is 4.90 Å². The fourth-order valence-corrected chi connectivity index (χ4v) is 1.59. The number of aliphatic imine (C=N–C) groups is 1. The van der Waals surface area contributed by atoms with Gasteiger partial charge in [-0.2, -0.15) is 0 Å². The quantitative estimate of drug-likeness (QED) is 0.465. The van der Waals surface area contributed by atoms with Crippen molar-refractivity contribution in [3.05, 3.63) is 28.8 Å². The summed E-state index contributed by atoms with van der Waals surface area (Å²) in [5, 5.41) is 4.06. The second-order valence-electron chi connectivity index (χ2n) is 6.25. The average Bonchev–Trinajstić information content (AvgIpc) is 2.38. The van der Waals surface area contributed by atoms with Crippen LogP contribution in [0.25, 0.3) is 0 Å². The molecular formula is C17H27N3O. The molecule has 21 heavy (non-hydrogen) atoms. The SMILES string of the molecule is CCN(C)/C=N\c1cc(C)c(/C=N/OC(C)(C)C)cc1C. The van der Waals surface area contributed by atoms with Crippen LogP contribution in [0, 0.1) is 13.8 Å². The Labute approximate surface area is 128 Å². The predicted octanol–water partition coefficient (Wildman–Crippen LogP) is 4.06. The first-order chi connectivity index (χ1) is 9.73. The fraction of sp³-hybridized carbons (Fsp3) is 0.529. The van der Waals surface area contributed by atoms with E-state index in [-0.39, 0.29) is 5.60 Å². The third-order valence-electron chi connectivity index (χ3n) is 3.00. The van der Waals surface area contributed by atoms with Gasteiger partial charge >= 0.3 is 0 Å². The van der Waals surface area contributed by atoms with E-state index in [1.807, 2.05) is 39.1 Å². The second kappa shape index (κ2) is 7.25. The first-order valence-electron chi connectivity index (χ1n) is 7.30. The highest BCUT2D eigenvalue weighted by Crippen LogP contribution is 2.22. The standard InChI is InChI=1S/C17H27N3O/c1-8-20(7)12-18-16-10-13(2)15(9-14(16)3)11-19-21-17(4,5)6/h9-12H,8H2,1-7H3/b18-12-,19-11+. The Bertz CT molecular complexity index is 528. The van der Waals surface area contributed by atoms with Crippen LogP contribution >= 0.6 is 0 Å². The van der Waals surface area contributed by atoms with Gasteiger partial charge in [0.05, 0.1) is 18.2 Å². The molecule has 0 spiro atoms. The fourth-order valence-electron chi connectivity index (χ4n) is 1.59. The molecule has 0 bridgehead atoms. The maximum absolute atomic E-state index is 5.39. The Hall–Kier alpha value is -1.84. The lowest BCUT2D eigenvalue weighted by Gasteiger charge is -2.15. The molecule has 4 nitrogen and oxygen atoms in total. The highest BCUT2D eigenvalue weighted by Gasteiger charge is 2.09. The molecule has 0 radical (unpaired) electrons. The van der Waals surface area contributed by atoms with Crippen LogP contribution < -0.4 is 0 Å². The molecule has 1 rings (SSSR count). The Morgan fingerprint density at radius 1 is 1.19 bits per heavy atom. The topological polar surface area (TPSA) is 37.2 Å². The number of oxime groups is 1.